The number of benzene rings is 1. The van der Waals surface area contributed by atoms with Gasteiger partial charge in [-0.05, 0) is 43.5 Å². The van der Waals surface area contributed by atoms with Gasteiger partial charge in [-0.3, -0.25) is 4.79 Å². The van der Waals surface area contributed by atoms with Crippen LogP contribution in [0.4, 0.5) is 0 Å². The molecule has 9 nitrogen and oxygen atoms in total. The Morgan fingerprint density at radius 1 is 1.12 bits per heavy atom. The van der Waals surface area contributed by atoms with Crippen LogP contribution in [0.1, 0.15) is 30.6 Å². The molecule has 0 radical (unpaired) electrons. The molecule has 0 spiro atoms. The Bertz CT molecular complexity index is 1300. The molecule has 5 rings (SSSR count). The van der Waals surface area contributed by atoms with Crippen LogP contribution >= 0.6 is 0 Å². The third kappa shape index (κ3) is 4.31. The second-order valence-corrected chi connectivity index (χ2v) is 12.6. The van der Waals surface area contributed by atoms with E-state index in [0.29, 0.717) is 49.5 Å². The molecule has 0 unspecified atom stereocenters. The Hall–Kier alpha value is -2.66. The van der Waals surface area contributed by atoms with Crippen LogP contribution in [-0.2, 0) is 31.2 Å². The summed E-state index contributed by atoms with van der Waals surface area (Å²) < 4.78 is 58.6. The maximum absolute atomic E-state index is 13.7. The predicted molar refractivity (Wildman–Crippen MR) is 121 cm³/mol. The van der Waals surface area contributed by atoms with Crippen molar-refractivity contribution in [2.75, 3.05) is 24.6 Å². The van der Waals surface area contributed by atoms with Crippen LogP contribution in [0.25, 0.3) is 0 Å². The quantitative estimate of drug-likeness (QED) is 0.638. The van der Waals surface area contributed by atoms with E-state index in [-0.39, 0.29) is 28.9 Å². The molecule has 1 aromatic carbocycles. The van der Waals surface area contributed by atoms with Gasteiger partial charge in [-0.15, -0.1) is 4.40 Å². The lowest BCUT2D eigenvalue weighted by atomic mass is 9.95. The summed E-state index contributed by atoms with van der Waals surface area (Å²) in [5.41, 5.74) is 0.555. The minimum absolute atomic E-state index is 0.0474. The van der Waals surface area contributed by atoms with Crippen molar-refractivity contribution in [3.8, 4) is 0 Å². The molecule has 2 aromatic rings. The van der Waals surface area contributed by atoms with Crippen LogP contribution < -0.4 is 0 Å². The monoisotopic (exact) mass is 491 g/mol. The second-order valence-electron chi connectivity index (χ2n) is 8.77. The fraction of sp³-hybridized carbons (Fsp3) is 0.455. The van der Waals surface area contributed by atoms with Crippen LogP contribution in [0.5, 0.6) is 0 Å². The molecular weight excluding hydrogens is 466 g/mol. The van der Waals surface area contributed by atoms with E-state index in [2.05, 4.69) is 4.40 Å². The topological polar surface area (TPSA) is 117 Å². The van der Waals surface area contributed by atoms with Gasteiger partial charge in [0, 0.05) is 24.7 Å². The number of furan rings is 1. The molecule has 1 amide bonds. The van der Waals surface area contributed by atoms with Crippen molar-refractivity contribution < 1.29 is 26.0 Å². The fourth-order valence-electron chi connectivity index (χ4n) is 4.90. The number of likely N-dealkylation sites (tertiary alicyclic amines) is 1. The molecule has 0 bridgehead atoms. The molecule has 0 aliphatic carbocycles. The highest BCUT2D eigenvalue weighted by Crippen LogP contribution is 2.31. The number of carbonyl (C=O) groups is 1. The molecule has 3 aliphatic heterocycles. The van der Waals surface area contributed by atoms with E-state index < -0.39 is 31.8 Å². The van der Waals surface area contributed by atoms with Gasteiger partial charge in [0.25, 0.3) is 10.0 Å². The fourth-order valence-corrected chi connectivity index (χ4v) is 7.86. The summed E-state index contributed by atoms with van der Waals surface area (Å²) in [6.45, 7) is 1.14. The highest BCUT2D eigenvalue weighted by Gasteiger charge is 2.40. The van der Waals surface area contributed by atoms with Gasteiger partial charge in [-0.1, -0.05) is 12.1 Å². The van der Waals surface area contributed by atoms with Crippen molar-refractivity contribution in [1.29, 1.82) is 0 Å². The molecule has 3 aliphatic rings. The first kappa shape index (κ1) is 22.1. The molecule has 0 saturated carbocycles. The average Bonchev–Trinajstić information content (AvgIpc) is 3.50. The van der Waals surface area contributed by atoms with E-state index in [1.54, 1.807) is 41.3 Å². The lowest BCUT2D eigenvalue weighted by molar-refractivity contribution is -0.139. The van der Waals surface area contributed by atoms with Gasteiger partial charge < -0.3 is 14.2 Å². The number of fused-ring (bicyclic) bond motifs is 1. The zero-order chi connectivity index (χ0) is 23.2. The highest BCUT2D eigenvalue weighted by molar-refractivity contribution is 7.91. The molecule has 33 heavy (non-hydrogen) atoms. The first-order valence-electron chi connectivity index (χ1n) is 11.0. The lowest BCUT2D eigenvalue weighted by Crippen LogP contribution is -2.49. The number of carbonyl (C=O) groups excluding carboxylic acids is 1. The van der Waals surface area contributed by atoms with Crippen molar-refractivity contribution in [3.63, 3.8) is 0 Å². The maximum Gasteiger partial charge on any atom is 0.285 e. The number of amidine groups is 1. The molecule has 2 fully saturated rings. The minimum atomic E-state index is -3.75. The summed E-state index contributed by atoms with van der Waals surface area (Å²) in [5, 5.41) is 0. The Balaban J connectivity index is 1.39. The Morgan fingerprint density at radius 2 is 1.94 bits per heavy atom. The average molecular weight is 492 g/mol. The predicted octanol–water partition coefficient (Wildman–Crippen LogP) is 1.66. The maximum atomic E-state index is 13.7. The molecule has 11 heteroatoms. The van der Waals surface area contributed by atoms with Gasteiger partial charge in [-0.2, -0.15) is 8.42 Å². The second kappa shape index (κ2) is 8.28. The van der Waals surface area contributed by atoms with E-state index in [4.69, 9.17) is 4.42 Å². The molecule has 1 aromatic heterocycles. The van der Waals surface area contributed by atoms with E-state index in [0.717, 1.165) is 0 Å². The van der Waals surface area contributed by atoms with Crippen LogP contribution in [0.2, 0.25) is 0 Å². The normalized spacial score (nSPS) is 25.5. The van der Waals surface area contributed by atoms with Gasteiger partial charge in [0.2, 0.25) is 5.91 Å². The number of sulfone groups is 1. The van der Waals surface area contributed by atoms with Gasteiger partial charge in [-0.25, -0.2) is 8.42 Å². The van der Waals surface area contributed by atoms with Crippen LogP contribution in [-0.4, -0.2) is 69.0 Å². The molecule has 2 atom stereocenters. The summed E-state index contributed by atoms with van der Waals surface area (Å²) in [5.74, 6) is 0.475. The largest absolute Gasteiger partial charge is 0.467 e. The summed E-state index contributed by atoms with van der Waals surface area (Å²) >= 11 is 0. The molecule has 2 saturated heterocycles. The van der Waals surface area contributed by atoms with Crippen LogP contribution in [0, 0.1) is 5.92 Å². The van der Waals surface area contributed by atoms with E-state index in [9.17, 15) is 21.6 Å². The molecule has 4 heterocycles. The molecule has 0 N–H and O–H groups in total. The number of sulfonamides is 1. The van der Waals surface area contributed by atoms with Crippen molar-refractivity contribution in [1.82, 2.24) is 9.80 Å². The van der Waals surface area contributed by atoms with Gasteiger partial charge in [0.15, 0.2) is 15.7 Å². The van der Waals surface area contributed by atoms with Crippen LogP contribution in [0.3, 0.4) is 0 Å². The van der Waals surface area contributed by atoms with Crippen molar-refractivity contribution >= 4 is 31.6 Å². The van der Waals surface area contributed by atoms with E-state index >= 15 is 0 Å². The third-order valence-electron chi connectivity index (χ3n) is 6.52. The number of rotatable bonds is 4. The number of amides is 1. The third-order valence-corrected chi connectivity index (χ3v) is 9.60. The smallest absolute Gasteiger partial charge is 0.285 e. The lowest BCUT2D eigenvalue weighted by Gasteiger charge is -2.37. The Labute approximate surface area is 193 Å². The summed E-state index contributed by atoms with van der Waals surface area (Å²) in [7, 11) is -6.92. The SMILES string of the molecule is O=C([C@@H]1CCCN(C2=NS(=O)(=O)c3ccccc32)C1)N(Cc1ccco1)[C@H]1CCS(=O)(=O)C1. The highest BCUT2D eigenvalue weighted by atomic mass is 32.2. The number of piperidine rings is 1. The molecule has 176 valence electrons. The first-order chi connectivity index (χ1) is 15.7. The van der Waals surface area contributed by atoms with Gasteiger partial charge >= 0.3 is 0 Å². The Morgan fingerprint density at radius 3 is 2.67 bits per heavy atom. The van der Waals surface area contributed by atoms with Crippen LogP contribution in [0.15, 0.2) is 56.4 Å². The zero-order valence-corrected chi connectivity index (χ0v) is 19.6. The summed E-state index contributed by atoms with van der Waals surface area (Å²) in [4.78, 5) is 17.3. The summed E-state index contributed by atoms with van der Waals surface area (Å²) in [6.07, 6.45) is 3.28. The van der Waals surface area contributed by atoms with E-state index in [1.807, 2.05) is 4.90 Å². The number of hydrogen-bond donors (Lipinski definition) is 0. The standard InChI is InChI=1S/C22H25N3O6S2/c26-22(25(14-18-6-4-11-31-18)17-9-12-32(27,28)15-17)16-5-3-10-24(13-16)21-19-7-1-2-8-20(19)33(29,30)23-21/h1-2,4,6-8,11,16-17H,3,5,9-10,12-15H2/t16-,17+/m1/s1. The van der Waals surface area contributed by atoms with E-state index in [1.165, 1.54) is 6.26 Å². The number of nitrogens with zero attached hydrogens (tertiary/aromatic N) is 3. The van der Waals surface area contributed by atoms with Gasteiger partial charge in [0.05, 0.1) is 30.2 Å². The molecular formula is C22H25N3O6S2. The van der Waals surface area contributed by atoms with Crippen molar-refractivity contribution in [3.05, 3.63) is 54.0 Å². The van der Waals surface area contributed by atoms with Gasteiger partial charge in [0.1, 0.15) is 10.7 Å². The summed E-state index contributed by atoms with van der Waals surface area (Å²) in [6, 6.07) is 9.82. The minimum Gasteiger partial charge on any atom is -0.467 e. The first-order valence-corrected chi connectivity index (χ1v) is 14.2. The Kier molecular flexibility index (Phi) is 5.56. The zero-order valence-electron chi connectivity index (χ0n) is 18.0. The van der Waals surface area contributed by atoms with Crippen molar-refractivity contribution in [2.45, 2.75) is 36.7 Å². The van der Waals surface area contributed by atoms with Crippen molar-refractivity contribution in [2.24, 2.45) is 10.3 Å². The number of hydrogen-bond acceptors (Lipinski definition) is 7.